The van der Waals surface area contributed by atoms with Crippen LogP contribution in [0.1, 0.15) is 27.1 Å². The molecule has 0 unspecified atom stereocenters. The molecule has 24 heavy (non-hydrogen) atoms. The fourth-order valence-corrected chi connectivity index (χ4v) is 3.09. The summed E-state index contributed by atoms with van der Waals surface area (Å²) in [4.78, 5) is 37.4. The molecule has 3 rings (SSSR count). The zero-order chi connectivity index (χ0) is 17.3. The van der Waals surface area contributed by atoms with Gasteiger partial charge < -0.3 is 4.74 Å². The third-order valence-electron chi connectivity index (χ3n) is 3.54. The summed E-state index contributed by atoms with van der Waals surface area (Å²) in [6.45, 7) is -0.0423. The molecule has 5 nitrogen and oxygen atoms in total. The molecule has 0 aliphatic carbocycles. The van der Waals surface area contributed by atoms with Crippen molar-refractivity contribution < 1.29 is 19.1 Å². The summed E-state index contributed by atoms with van der Waals surface area (Å²) in [7, 11) is 0. The van der Waals surface area contributed by atoms with Gasteiger partial charge in [-0.25, -0.2) is 0 Å². The van der Waals surface area contributed by atoms with Crippen LogP contribution in [0.25, 0.3) is 0 Å². The largest absolute Gasteiger partial charge is 0.425 e. The molecule has 0 spiro atoms. The highest BCUT2D eigenvalue weighted by atomic mass is 79.9. The minimum Gasteiger partial charge on any atom is -0.425 e. The van der Waals surface area contributed by atoms with Crippen molar-refractivity contribution in [2.75, 3.05) is 6.54 Å². The van der Waals surface area contributed by atoms with Crippen LogP contribution in [0.2, 0.25) is 5.02 Å². The average molecular weight is 409 g/mol. The molecule has 0 saturated heterocycles. The Morgan fingerprint density at radius 1 is 1.08 bits per heavy atom. The fraction of sp³-hybridized carbons (Fsp3) is 0.118. The number of hydrogen-bond acceptors (Lipinski definition) is 4. The topological polar surface area (TPSA) is 63.7 Å². The number of hydrogen-bond donors (Lipinski definition) is 0. The molecule has 122 valence electrons. The lowest BCUT2D eigenvalue weighted by molar-refractivity contribution is -0.134. The lowest BCUT2D eigenvalue weighted by Crippen LogP contribution is -2.32. The van der Waals surface area contributed by atoms with Crippen molar-refractivity contribution in [1.82, 2.24) is 4.90 Å². The van der Waals surface area contributed by atoms with Crippen molar-refractivity contribution in [1.29, 1.82) is 0 Å². The van der Waals surface area contributed by atoms with Crippen LogP contribution in [0.3, 0.4) is 0 Å². The van der Waals surface area contributed by atoms with E-state index in [1.807, 2.05) is 0 Å². The molecule has 2 aromatic carbocycles. The van der Waals surface area contributed by atoms with E-state index in [-0.39, 0.29) is 18.7 Å². The van der Waals surface area contributed by atoms with Crippen LogP contribution in [0, 0.1) is 0 Å². The third kappa shape index (κ3) is 3.20. The Labute approximate surface area is 151 Å². The Bertz CT molecular complexity index is 817. The van der Waals surface area contributed by atoms with Crippen molar-refractivity contribution in [2.45, 2.75) is 6.42 Å². The molecule has 1 aliphatic heterocycles. The summed E-state index contributed by atoms with van der Waals surface area (Å²) in [5.41, 5.74) is 0.707. The van der Waals surface area contributed by atoms with E-state index in [9.17, 15) is 14.4 Å². The van der Waals surface area contributed by atoms with Crippen LogP contribution >= 0.6 is 27.5 Å². The van der Waals surface area contributed by atoms with Gasteiger partial charge in [-0.05, 0) is 30.3 Å². The standard InChI is InChI=1S/C17H11BrClNO4/c18-10-5-6-14(13(19)9-10)24-15(21)7-8-20-16(22)11-3-1-2-4-12(11)17(20)23/h1-6,9H,7-8H2. The second-order valence-electron chi connectivity index (χ2n) is 5.11. The van der Waals surface area contributed by atoms with Crippen molar-refractivity contribution in [3.05, 3.63) is 63.1 Å². The smallest absolute Gasteiger partial charge is 0.313 e. The van der Waals surface area contributed by atoms with Crippen LogP contribution in [-0.2, 0) is 4.79 Å². The molecular weight excluding hydrogens is 398 g/mol. The van der Waals surface area contributed by atoms with Crippen molar-refractivity contribution >= 4 is 45.3 Å². The molecule has 0 atom stereocenters. The maximum absolute atomic E-state index is 12.2. The number of fused-ring (bicyclic) bond motifs is 1. The van der Waals surface area contributed by atoms with Crippen molar-refractivity contribution in [3.8, 4) is 5.75 Å². The number of rotatable bonds is 4. The molecule has 7 heteroatoms. The number of amides is 2. The van der Waals surface area contributed by atoms with E-state index >= 15 is 0 Å². The first kappa shape index (κ1) is 16.7. The predicted molar refractivity (Wildman–Crippen MR) is 91.2 cm³/mol. The summed E-state index contributed by atoms with van der Waals surface area (Å²) >= 11 is 9.24. The molecule has 0 N–H and O–H groups in total. The molecular formula is C17H11BrClNO4. The van der Waals surface area contributed by atoms with Gasteiger partial charge in [-0.1, -0.05) is 39.7 Å². The van der Waals surface area contributed by atoms with Crippen molar-refractivity contribution in [2.24, 2.45) is 0 Å². The van der Waals surface area contributed by atoms with Gasteiger partial charge in [0.1, 0.15) is 5.75 Å². The molecule has 1 heterocycles. The highest BCUT2D eigenvalue weighted by Gasteiger charge is 2.35. The van der Waals surface area contributed by atoms with E-state index < -0.39 is 17.8 Å². The van der Waals surface area contributed by atoms with E-state index in [1.165, 1.54) is 0 Å². The Hall–Kier alpha value is -2.18. The highest BCUT2D eigenvalue weighted by molar-refractivity contribution is 9.10. The zero-order valence-corrected chi connectivity index (χ0v) is 14.6. The van der Waals surface area contributed by atoms with E-state index in [1.54, 1.807) is 42.5 Å². The average Bonchev–Trinajstić information content (AvgIpc) is 2.80. The Balaban J connectivity index is 1.63. The van der Waals surface area contributed by atoms with Crippen LogP contribution < -0.4 is 4.74 Å². The quantitative estimate of drug-likeness (QED) is 0.440. The number of ether oxygens (including phenoxy) is 1. The summed E-state index contributed by atoms with van der Waals surface area (Å²) in [5.74, 6) is -1.14. The maximum atomic E-state index is 12.2. The number of carbonyl (C=O) groups is 3. The summed E-state index contributed by atoms with van der Waals surface area (Å²) in [5, 5.41) is 0.290. The normalized spacial score (nSPS) is 13.2. The van der Waals surface area contributed by atoms with Gasteiger partial charge in [-0.2, -0.15) is 0 Å². The van der Waals surface area contributed by atoms with Gasteiger partial charge in [0.05, 0.1) is 22.6 Å². The maximum Gasteiger partial charge on any atom is 0.313 e. The molecule has 2 amide bonds. The van der Waals surface area contributed by atoms with E-state index in [4.69, 9.17) is 16.3 Å². The number of nitrogens with zero attached hydrogens (tertiary/aromatic N) is 1. The Morgan fingerprint density at radius 2 is 1.71 bits per heavy atom. The first-order valence-corrected chi connectivity index (χ1v) is 8.25. The van der Waals surface area contributed by atoms with Gasteiger partial charge in [0.25, 0.3) is 11.8 Å². The van der Waals surface area contributed by atoms with Crippen molar-refractivity contribution in [3.63, 3.8) is 0 Å². The van der Waals surface area contributed by atoms with Gasteiger partial charge in [0.2, 0.25) is 0 Å². The fourth-order valence-electron chi connectivity index (χ4n) is 2.38. The predicted octanol–water partition coefficient (Wildman–Crippen LogP) is 3.69. The van der Waals surface area contributed by atoms with Crippen LogP contribution in [0.4, 0.5) is 0 Å². The van der Waals surface area contributed by atoms with E-state index in [2.05, 4.69) is 15.9 Å². The lowest BCUT2D eigenvalue weighted by atomic mass is 10.1. The first-order chi connectivity index (χ1) is 11.5. The second kappa shape index (κ2) is 6.75. The molecule has 0 fully saturated rings. The minimum absolute atomic E-state index is 0.0423. The molecule has 1 aliphatic rings. The van der Waals surface area contributed by atoms with E-state index in [0.717, 1.165) is 9.37 Å². The number of carbonyl (C=O) groups excluding carboxylic acids is 3. The number of benzene rings is 2. The Kier molecular flexibility index (Phi) is 4.69. The van der Waals surface area contributed by atoms with Crippen LogP contribution in [-0.4, -0.2) is 29.2 Å². The molecule has 2 aromatic rings. The van der Waals surface area contributed by atoms with Gasteiger partial charge in [-0.15, -0.1) is 0 Å². The van der Waals surface area contributed by atoms with Gasteiger partial charge >= 0.3 is 5.97 Å². The number of imide groups is 1. The van der Waals surface area contributed by atoms with Gasteiger partial charge in [0.15, 0.2) is 0 Å². The van der Waals surface area contributed by atoms with Gasteiger partial charge in [-0.3, -0.25) is 19.3 Å². The molecule has 0 saturated carbocycles. The Morgan fingerprint density at radius 3 is 2.29 bits per heavy atom. The number of halogens is 2. The molecule has 0 bridgehead atoms. The van der Waals surface area contributed by atoms with Crippen LogP contribution in [0.5, 0.6) is 5.75 Å². The highest BCUT2D eigenvalue weighted by Crippen LogP contribution is 2.28. The zero-order valence-electron chi connectivity index (χ0n) is 12.3. The first-order valence-electron chi connectivity index (χ1n) is 7.08. The molecule has 0 radical (unpaired) electrons. The lowest BCUT2D eigenvalue weighted by Gasteiger charge is -2.13. The minimum atomic E-state index is -0.573. The summed E-state index contributed by atoms with van der Waals surface area (Å²) in [6, 6.07) is 11.4. The molecule has 0 aromatic heterocycles. The SMILES string of the molecule is O=C(CCN1C(=O)c2ccccc2C1=O)Oc1ccc(Br)cc1Cl. The van der Waals surface area contributed by atoms with E-state index in [0.29, 0.717) is 16.1 Å². The van der Waals surface area contributed by atoms with Gasteiger partial charge in [0, 0.05) is 11.0 Å². The second-order valence-corrected chi connectivity index (χ2v) is 6.43. The summed E-state index contributed by atoms with van der Waals surface area (Å²) < 4.78 is 5.93. The third-order valence-corrected chi connectivity index (χ3v) is 4.32. The summed E-state index contributed by atoms with van der Waals surface area (Å²) in [6.07, 6.45) is -0.113. The monoisotopic (exact) mass is 407 g/mol. The number of esters is 1. The van der Waals surface area contributed by atoms with Crippen LogP contribution in [0.15, 0.2) is 46.9 Å².